The van der Waals surface area contributed by atoms with Crippen LogP contribution in [0.15, 0.2) is 36.4 Å². The number of hydrogen-bond acceptors (Lipinski definition) is 0. The fraction of sp³-hybridized carbons (Fsp3) is 0.350. The second kappa shape index (κ2) is 8.40. The van der Waals surface area contributed by atoms with Crippen molar-refractivity contribution in [3.8, 4) is 0 Å². The van der Waals surface area contributed by atoms with Crippen molar-refractivity contribution in [2.75, 3.05) is 0 Å². The van der Waals surface area contributed by atoms with Crippen molar-refractivity contribution in [3.05, 3.63) is 63.4 Å². The minimum atomic E-state index is -4.37. The van der Waals surface area contributed by atoms with Crippen LogP contribution in [0.3, 0.4) is 0 Å². The Morgan fingerprint density at radius 3 is 2.50 bits per heavy atom. The third-order valence-electron chi connectivity index (χ3n) is 5.13. The maximum atomic E-state index is 13.3. The maximum absolute atomic E-state index is 13.3. The van der Waals surface area contributed by atoms with Crippen molar-refractivity contribution >= 4 is 34.2 Å². The van der Waals surface area contributed by atoms with Gasteiger partial charge in [-0.15, -0.1) is 0 Å². The molecule has 0 N–H and O–H groups in total. The van der Waals surface area contributed by atoms with E-state index in [1.165, 1.54) is 12.1 Å². The zero-order chi connectivity index (χ0) is 19.2. The van der Waals surface area contributed by atoms with E-state index in [-0.39, 0.29) is 24.0 Å². The van der Waals surface area contributed by atoms with Crippen molar-refractivity contribution in [2.45, 2.75) is 44.9 Å². The molecule has 2 heterocycles. The highest BCUT2D eigenvalue weighted by molar-refractivity contribution is 6.35. The van der Waals surface area contributed by atoms with Crippen molar-refractivity contribution in [3.63, 3.8) is 0 Å². The minimum absolute atomic E-state index is 0. The number of hydrogen-bond donors (Lipinski definition) is 0. The Hall–Kier alpha value is -0.990. The lowest BCUT2D eigenvalue weighted by Gasteiger charge is -2.07. The average molecular weight is 541 g/mol. The van der Waals surface area contributed by atoms with Crippen LogP contribution in [-0.4, -0.2) is 4.57 Å². The second-order valence-electron chi connectivity index (χ2n) is 6.90. The lowest BCUT2D eigenvalue weighted by Crippen LogP contribution is -3.00. The summed E-state index contributed by atoms with van der Waals surface area (Å²) in [4.78, 5) is 0. The Bertz CT molecular complexity index is 1010. The quantitative estimate of drug-likeness (QED) is 0.349. The molecule has 2 aromatic carbocycles. The summed E-state index contributed by atoms with van der Waals surface area (Å²) in [5, 5.41) is 1.05. The number of aromatic nitrogens is 2. The molecule has 4 rings (SSSR count). The summed E-state index contributed by atoms with van der Waals surface area (Å²) in [7, 11) is 0. The van der Waals surface area contributed by atoms with Gasteiger partial charge >= 0.3 is 6.18 Å². The molecular formula is C20H18Cl2F3IN2. The van der Waals surface area contributed by atoms with Gasteiger partial charge in [0, 0.05) is 28.1 Å². The molecule has 1 aliphatic heterocycles. The van der Waals surface area contributed by atoms with Crippen LogP contribution in [0.4, 0.5) is 13.2 Å². The number of imidazole rings is 1. The molecule has 0 atom stereocenters. The summed E-state index contributed by atoms with van der Waals surface area (Å²) in [5.41, 5.74) is 1.63. The molecule has 0 radical (unpaired) electrons. The summed E-state index contributed by atoms with van der Waals surface area (Å²) >= 11 is 12.3. The molecule has 0 amide bonds. The number of fused-ring (bicyclic) bond motifs is 3. The van der Waals surface area contributed by atoms with Crippen LogP contribution in [0.5, 0.6) is 0 Å². The van der Waals surface area contributed by atoms with Crippen LogP contribution in [0.1, 0.15) is 36.2 Å². The van der Waals surface area contributed by atoms with Gasteiger partial charge in [0.1, 0.15) is 6.54 Å². The molecule has 150 valence electrons. The van der Waals surface area contributed by atoms with E-state index in [0.717, 1.165) is 49.1 Å². The average Bonchev–Trinajstić information content (AvgIpc) is 2.75. The van der Waals surface area contributed by atoms with Crippen LogP contribution >= 0.6 is 23.2 Å². The second-order valence-corrected chi connectivity index (χ2v) is 7.75. The van der Waals surface area contributed by atoms with Crippen molar-refractivity contribution in [1.29, 1.82) is 0 Å². The summed E-state index contributed by atoms with van der Waals surface area (Å²) in [5.74, 6) is 1.05. The first-order valence-electron chi connectivity index (χ1n) is 8.90. The van der Waals surface area contributed by atoms with Crippen LogP contribution in [0, 0.1) is 0 Å². The fourth-order valence-corrected chi connectivity index (χ4v) is 4.28. The Kier molecular flexibility index (Phi) is 6.51. The van der Waals surface area contributed by atoms with Gasteiger partial charge in [-0.2, -0.15) is 13.2 Å². The van der Waals surface area contributed by atoms with E-state index < -0.39 is 11.7 Å². The Labute approximate surface area is 188 Å². The van der Waals surface area contributed by atoms with E-state index in [9.17, 15) is 13.2 Å². The van der Waals surface area contributed by atoms with Gasteiger partial charge in [0.25, 0.3) is 5.82 Å². The molecule has 0 aliphatic carbocycles. The normalized spacial score (nSPS) is 14.5. The van der Waals surface area contributed by atoms with Gasteiger partial charge in [0.15, 0.2) is 11.0 Å². The van der Waals surface area contributed by atoms with Gasteiger partial charge in [-0.25, -0.2) is 9.13 Å². The van der Waals surface area contributed by atoms with Crippen LogP contribution < -0.4 is 28.5 Å². The van der Waals surface area contributed by atoms with Crippen LogP contribution in [0.25, 0.3) is 11.0 Å². The Balaban J connectivity index is 0.00000225. The number of benzene rings is 2. The molecule has 28 heavy (non-hydrogen) atoms. The molecule has 8 heteroatoms. The topological polar surface area (TPSA) is 8.81 Å². The first-order chi connectivity index (χ1) is 12.8. The van der Waals surface area contributed by atoms with E-state index in [1.54, 1.807) is 18.2 Å². The minimum Gasteiger partial charge on any atom is -1.00 e. The van der Waals surface area contributed by atoms with E-state index in [0.29, 0.717) is 22.1 Å². The standard InChI is InChI=1S/C20H18Cl2F3N2.HI/c21-15-7-5-13(16(22)11-15)12-27-18-10-14(20(23,24)25)6-8-17(18)26-9-3-1-2-4-19(26)27;/h5-8,10-11H,1-4,9,12H2;1H/q+1;/p-1. The van der Waals surface area contributed by atoms with Gasteiger partial charge in [0.2, 0.25) is 0 Å². The SMILES string of the molecule is FC(F)(F)c1ccc2c(c1)n(Cc1ccc(Cl)cc1Cl)c1[n+]2CCCCC1.[I-]. The molecule has 0 spiro atoms. The highest BCUT2D eigenvalue weighted by atomic mass is 127. The zero-order valence-electron chi connectivity index (χ0n) is 14.9. The Morgan fingerprint density at radius 1 is 1.00 bits per heavy atom. The number of rotatable bonds is 2. The molecule has 2 nitrogen and oxygen atoms in total. The number of aryl methyl sites for hydroxylation is 1. The Morgan fingerprint density at radius 2 is 1.79 bits per heavy atom. The third-order valence-corrected chi connectivity index (χ3v) is 5.72. The van der Waals surface area contributed by atoms with Crippen molar-refractivity contribution in [1.82, 2.24) is 4.57 Å². The summed E-state index contributed by atoms with van der Waals surface area (Å²) in [6.45, 7) is 1.23. The number of halogens is 6. The van der Waals surface area contributed by atoms with Gasteiger partial charge in [-0.1, -0.05) is 29.3 Å². The van der Waals surface area contributed by atoms with E-state index in [2.05, 4.69) is 4.57 Å². The molecule has 0 fully saturated rings. The molecular weight excluding hydrogens is 523 g/mol. The monoisotopic (exact) mass is 540 g/mol. The van der Waals surface area contributed by atoms with Crippen molar-refractivity contribution < 1.29 is 41.7 Å². The number of nitrogens with zero attached hydrogens (tertiary/aromatic N) is 2. The fourth-order valence-electron chi connectivity index (χ4n) is 3.81. The first-order valence-corrected chi connectivity index (χ1v) is 9.66. The lowest BCUT2D eigenvalue weighted by atomic mass is 10.1. The van der Waals surface area contributed by atoms with Gasteiger partial charge in [0.05, 0.1) is 12.1 Å². The van der Waals surface area contributed by atoms with E-state index in [4.69, 9.17) is 23.2 Å². The zero-order valence-corrected chi connectivity index (χ0v) is 18.5. The highest BCUT2D eigenvalue weighted by Gasteiger charge is 2.34. The molecule has 1 aromatic heterocycles. The predicted octanol–water partition coefficient (Wildman–Crippen LogP) is 3.03. The molecule has 0 bridgehead atoms. The summed E-state index contributed by atoms with van der Waals surface area (Å²) in [6, 6.07) is 9.25. The van der Waals surface area contributed by atoms with Gasteiger partial charge in [-0.3, -0.25) is 0 Å². The molecule has 1 aliphatic rings. The molecule has 3 aromatic rings. The molecule has 0 saturated heterocycles. The predicted molar refractivity (Wildman–Crippen MR) is 100 cm³/mol. The first kappa shape index (κ1) is 21.7. The van der Waals surface area contributed by atoms with Crippen LogP contribution in [0.2, 0.25) is 10.0 Å². The molecule has 0 saturated carbocycles. The van der Waals surface area contributed by atoms with Gasteiger partial charge < -0.3 is 24.0 Å². The summed E-state index contributed by atoms with van der Waals surface area (Å²) in [6.07, 6.45) is -0.369. The van der Waals surface area contributed by atoms with E-state index >= 15 is 0 Å². The lowest BCUT2D eigenvalue weighted by molar-refractivity contribution is -0.678. The maximum Gasteiger partial charge on any atom is 0.416 e. The third kappa shape index (κ3) is 4.14. The largest absolute Gasteiger partial charge is 1.00 e. The van der Waals surface area contributed by atoms with Gasteiger partial charge in [-0.05, 0) is 43.5 Å². The summed E-state index contributed by atoms with van der Waals surface area (Å²) < 4.78 is 44.0. The smallest absolute Gasteiger partial charge is 0.416 e. The molecule has 0 unspecified atom stereocenters. The van der Waals surface area contributed by atoms with Crippen LogP contribution in [-0.2, 0) is 25.7 Å². The highest BCUT2D eigenvalue weighted by Crippen LogP contribution is 2.32. The van der Waals surface area contributed by atoms with E-state index in [1.807, 2.05) is 10.6 Å². The number of alkyl halides is 3. The van der Waals surface area contributed by atoms with Crippen molar-refractivity contribution in [2.24, 2.45) is 0 Å².